The van der Waals surface area contributed by atoms with E-state index in [2.05, 4.69) is 0 Å². The number of rotatable bonds is 11. The van der Waals surface area contributed by atoms with E-state index in [4.69, 9.17) is 9.47 Å². The van der Waals surface area contributed by atoms with Crippen LogP contribution in [0.4, 0.5) is 26.3 Å². The second-order valence-corrected chi connectivity index (χ2v) is 12.2. The van der Waals surface area contributed by atoms with Gasteiger partial charge in [-0.1, -0.05) is 42.5 Å². The first-order valence-electron chi connectivity index (χ1n) is 16.2. The van der Waals surface area contributed by atoms with Crippen molar-refractivity contribution in [1.29, 1.82) is 0 Å². The Morgan fingerprint density at radius 1 is 0.739 bits per heavy atom. The van der Waals surface area contributed by atoms with Gasteiger partial charge in [-0.15, -0.1) is 0 Å². The lowest BCUT2D eigenvalue weighted by atomic mass is 9.81. The van der Waals surface area contributed by atoms with Crippen LogP contribution < -0.4 is 4.74 Å². The van der Waals surface area contributed by atoms with Crippen molar-refractivity contribution in [3.63, 3.8) is 0 Å². The van der Waals surface area contributed by atoms with E-state index in [1.54, 1.807) is 19.1 Å². The van der Waals surface area contributed by atoms with Gasteiger partial charge in [0.25, 0.3) is 0 Å². The minimum atomic E-state index is -1.29. The summed E-state index contributed by atoms with van der Waals surface area (Å²) in [5, 5.41) is 0. The number of allylic oxidation sites excluding steroid dienone is 4. The van der Waals surface area contributed by atoms with E-state index in [9.17, 15) is 17.6 Å². The Hall–Kier alpha value is -3.52. The highest BCUT2D eigenvalue weighted by molar-refractivity contribution is 5.68. The minimum absolute atomic E-state index is 0.00336. The van der Waals surface area contributed by atoms with E-state index in [0.29, 0.717) is 69.1 Å². The van der Waals surface area contributed by atoms with Crippen LogP contribution in [0.15, 0.2) is 54.6 Å². The normalized spacial score (nSPS) is 20.3. The molecule has 2 aliphatic carbocycles. The molecule has 0 bridgehead atoms. The van der Waals surface area contributed by atoms with Gasteiger partial charge in [-0.25, -0.2) is 22.0 Å². The van der Waals surface area contributed by atoms with Crippen molar-refractivity contribution in [2.75, 3.05) is 13.2 Å². The summed E-state index contributed by atoms with van der Waals surface area (Å²) in [6.45, 7) is 4.21. The summed E-state index contributed by atoms with van der Waals surface area (Å²) in [5.41, 5.74) is 1.06. The Balaban J connectivity index is 1.13. The van der Waals surface area contributed by atoms with E-state index in [0.717, 1.165) is 12.0 Å². The van der Waals surface area contributed by atoms with Crippen molar-refractivity contribution in [3.05, 3.63) is 106 Å². The van der Waals surface area contributed by atoms with Crippen LogP contribution in [0, 0.1) is 40.8 Å². The highest BCUT2D eigenvalue weighted by Gasteiger charge is 2.29. The largest absolute Gasteiger partial charge is 0.491 e. The van der Waals surface area contributed by atoms with Crippen LogP contribution in [0.2, 0.25) is 0 Å². The predicted octanol–water partition coefficient (Wildman–Crippen LogP) is 11.0. The van der Waals surface area contributed by atoms with E-state index >= 15 is 8.78 Å². The van der Waals surface area contributed by atoms with Crippen molar-refractivity contribution in [1.82, 2.24) is 0 Å². The fourth-order valence-electron chi connectivity index (χ4n) is 6.63. The second kappa shape index (κ2) is 15.4. The first kappa shape index (κ1) is 33.8. The van der Waals surface area contributed by atoms with Crippen molar-refractivity contribution >= 4 is 5.57 Å². The average Bonchev–Trinajstić information content (AvgIpc) is 3.07. The molecule has 0 aliphatic heterocycles. The topological polar surface area (TPSA) is 18.5 Å². The van der Waals surface area contributed by atoms with Crippen LogP contribution in [0.3, 0.4) is 0 Å². The number of hydrogen-bond acceptors (Lipinski definition) is 2. The van der Waals surface area contributed by atoms with Crippen molar-refractivity contribution < 1.29 is 35.8 Å². The summed E-state index contributed by atoms with van der Waals surface area (Å²) in [6.07, 6.45) is 11.7. The number of halogens is 6. The molecule has 1 saturated carbocycles. The van der Waals surface area contributed by atoms with Crippen LogP contribution in [0.5, 0.6) is 5.75 Å². The molecule has 0 amide bonds. The Kier molecular flexibility index (Phi) is 11.3. The molecule has 0 heterocycles. The third-order valence-corrected chi connectivity index (χ3v) is 9.27. The summed E-state index contributed by atoms with van der Waals surface area (Å²) in [7, 11) is 0. The lowest BCUT2D eigenvalue weighted by molar-refractivity contribution is 0.00322. The molecule has 0 radical (unpaired) electrons. The Morgan fingerprint density at radius 2 is 1.41 bits per heavy atom. The quantitative estimate of drug-likeness (QED) is 0.153. The lowest BCUT2D eigenvalue weighted by Crippen LogP contribution is -2.24. The van der Waals surface area contributed by atoms with Crippen LogP contribution >= 0.6 is 0 Å². The van der Waals surface area contributed by atoms with Crippen LogP contribution in [-0.2, 0) is 11.2 Å². The molecule has 1 unspecified atom stereocenters. The van der Waals surface area contributed by atoms with Gasteiger partial charge in [0, 0.05) is 16.7 Å². The van der Waals surface area contributed by atoms with Crippen molar-refractivity contribution in [2.45, 2.75) is 83.7 Å². The van der Waals surface area contributed by atoms with E-state index in [1.807, 2.05) is 25.2 Å². The van der Waals surface area contributed by atoms with E-state index < -0.39 is 34.9 Å². The van der Waals surface area contributed by atoms with Crippen molar-refractivity contribution in [3.8, 4) is 16.9 Å². The highest BCUT2D eigenvalue weighted by atomic mass is 19.2. The standard InChI is InChI=1S/C38H40F6O2/c1-3-5-6-7-26-14-17-28(34(40)33(26)39)24-10-8-23(9-11-24)22-46-27-15-12-25(13-16-27)29-18-19-30(36(42)35(29)41)31-20-21-32(45-4-2)38(44)37(31)43/h3,5,10,14,17-21,23,25,27H,4,6-9,11-13,15-16,22H2,1-2H3. The Morgan fingerprint density at radius 3 is 2.09 bits per heavy atom. The van der Waals surface area contributed by atoms with Crippen LogP contribution in [-0.4, -0.2) is 19.3 Å². The van der Waals surface area contributed by atoms with Crippen LogP contribution in [0.1, 0.15) is 87.8 Å². The molecule has 1 fully saturated rings. The molecule has 0 aromatic heterocycles. The first-order valence-corrected chi connectivity index (χ1v) is 16.2. The summed E-state index contributed by atoms with van der Waals surface area (Å²) in [4.78, 5) is 0. The summed E-state index contributed by atoms with van der Waals surface area (Å²) >= 11 is 0. The van der Waals surface area contributed by atoms with Gasteiger partial charge in [-0.3, -0.25) is 0 Å². The number of aryl methyl sites for hydroxylation is 1. The maximum atomic E-state index is 15.2. The van der Waals surface area contributed by atoms with Gasteiger partial charge in [-0.2, -0.15) is 4.39 Å². The molecule has 1 atom stereocenters. The SMILES string of the molecule is CC=CCCc1ccc(C2=CCC(COC3CCC(c4ccc(-c5ccc(OCC)c(F)c5F)c(F)c4F)CC3)CC2)c(F)c1F. The summed E-state index contributed by atoms with van der Waals surface area (Å²) in [5.74, 6) is -6.54. The molecular formula is C38H40F6O2. The number of benzene rings is 3. The summed E-state index contributed by atoms with van der Waals surface area (Å²) in [6, 6.07) is 8.53. The fourth-order valence-corrected chi connectivity index (χ4v) is 6.63. The molecule has 0 N–H and O–H groups in total. The van der Waals surface area contributed by atoms with Crippen molar-refractivity contribution in [2.24, 2.45) is 5.92 Å². The smallest absolute Gasteiger partial charge is 0.201 e. The minimum Gasteiger partial charge on any atom is -0.491 e. The molecule has 2 nitrogen and oxygen atoms in total. The van der Waals surface area contributed by atoms with Gasteiger partial charge in [0.05, 0.1) is 19.3 Å². The molecule has 2 aliphatic rings. The first-order chi connectivity index (χ1) is 22.2. The molecule has 3 aromatic carbocycles. The third-order valence-electron chi connectivity index (χ3n) is 9.27. The monoisotopic (exact) mass is 642 g/mol. The van der Waals surface area contributed by atoms with Gasteiger partial charge in [-0.05, 0) is 112 Å². The van der Waals surface area contributed by atoms with Gasteiger partial charge < -0.3 is 9.47 Å². The lowest BCUT2D eigenvalue weighted by Gasteiger charge is -2.31. The molecule has 246 valence electrons. The Labute approximate surface area is 267 Å². The van der Waals surface area contributed by atoms with E-state index in [-0.39, 0.29) is 47.0 Å². The van der Waals surface area contributed by atoms with Crippen LogP contribution in [0.25, 0.3) is 16.7 Å². The fraction of sp³-hybridized carbons (Fsp3) is 0.421. The molecule has 0 saturated heterocycles. The molecule has 3 aromatic rings. The molecule has 0 spiro atoms. The zero-order valence-electron chi connectivity index (χ0n) is 26.3. The number of hydrogen-bond donors (Lipinski definition) is 0. The Bertz CT molecular complexity index is 1590. The zero-order valence-corrected chi connectivity index (χ0v) is 26.3. The highest BCUT2D eigenvalue weighted by Crippen LogP contribution is 2.40. The molecule has 5 rings (SSSR count). The van der Waals surface area contributed by atoms with Gasteiger partial charge in [0.1, 0.15) is 0 Å². The van der Waals surface area contributed by atoms with Gasteiger partial charge in [0.15, 0.2) is 34.8 Å². The zero-order chi connectivity index (χ0) is 32.8. The molecule has 8 heteroatoms. The molecule has 46 heavy (non-hydrogen) atoms. The second-order valence-electron chi connectivity index (χ2n) is 12.2. The number of ether oxygens (including phenoxy) is 2. The van der Waals surface area contributed by atoms with Gasteiger partial charge >= 0.3 is 0 Å². The summed E-state index contributed by atoms with van der Waals surface area (Å²) < 4.78 is 100. The van der Waals surface area contributed by atoms with E-state index in [1.165, 1.54) is 24.3 Å². The molecular weight excluding hydrogens is 602 g/mol. The third kappa shape index (κ3) is 7.38. The van der Waals surface area contributed by atoms with Gasteiger partial charge in [0.2, 0.25) is 5.82 Å². The maximum absolute atomic E-state index is 15.2. The predicted molar refractivity (Wildman–Crippen MR) is 169 cm³/mol. The maximum Gasteiger partial charge on any atom is 0.201 e. The average molecular weight is 643 g/mol.